The Balaban J connectivity index is 1.80. The number of para-hydroxylation sites is 1. The number of anilines is 1. The lowest BCUT2D eigenvalue weighted by Crippen LogP contribution is -1.98. The second-order valence-corrected chi connectivity index (χ2v) is 6.07. The zero-order chi connectivity index (χ0) is 14.8. The number of halogens is 1. The van der Waals surface area contributed by atoms with Gasteiger partial charge in [-0.1, -0.05) is 18.2 Å². The number of benzene rings is 2. The molecule has 21 heavy (non-hydrogen) atoms. The number of fused-ring (bicyclic) bond motifs is 1. The van der Waals surface area contributed by atoms with Crippen molar-refractivity contribution in [3.63, 3.8) is 0 Å². The van der Waals surface area contributed by atoms with E-state index in [4.69, 9.17) is 9.15 Å². The number of nitrogens with one attached hydrogen (secondary N) is 1. The van der Waals surface area contributed by atoms with Crippen LogP contribution >= 0.6 is 22.6 Å². The van der Waals surface area contributed by atoms with Gasteiger partial charge in [0.25, 0.3) is 0 Å². The highest BCUT2D eigenvalue weighted by Gasteiger charge is 2.08. The van der Waals surface area contributed by atoms with Crippen LogP contribution in [0, 0.1) is 10.5 Å². The molecule has 1 aromatic heterocycles. The monoisotopic (exact) mass is 393 g/mol. The molecule has 0 radical (unpaired) electrons. The van der Waals surface area contributed by atoms with Crippen molar-refractivity contribution < 1.29 is 9.15 Å². The molecule has 1 heterocycles. The molecule has 0 amide bonds. The van der Waals surface area contributed by atoms with Crippen LogP contribution in [0.1, 0.15) is 11.3 Å². The Labute approximate surface area is 137 Å². The van der Waals surface area contributed by atoms with E-state index in [-0.39, 0.29) is 0 Å². The molecule has 0 unspecified atom stereocenters. The molecule has 0 spiro atoms. The van der Waals surface area contributed by atoms with Crippen molar-refractivity contribution in [3.05, 3.63) is 57.4 Å². The first kappa shape index (κ1) is 14.3. The van der Waals surface area contributed by atoms with Crippen LogP contribution in [0.5, 0.6) is 5.75 Å². The minimum Gasteiger partial charge on any atom is -0.493 e. The molecule has 3 rings (SSSR count). The van der Waals surface area contributed by atoms with Gasteiger partial charge in [-0.25, -0.2) is 0 Å². The highest BCUT2D eigenvalue weighted by atomic mass is 127. The average Bonchev–Trinajstić information content (AvgIpc) is 2.91. The fourth-order valence-electron chi connectivity index (χ4n) is 2.23. The third kappa shape index (κ3) is 3.00. The number of hydrogen-bond acceptors (Lipinski definition) is 3. The van der Waals surface area contributed by atoms with Gasteiger partial charge >= 0.3 is 0 Å². The Morgan fingerprint density at radius 3 is 2.81 bits per heavy atom. The lowest BCUT2D eigenvalue weighted by molar-refractivity contribution is 0.408. The smallest absolute Gasteiger partial charge is 0.176 e. The van der Waals surface area contributed by atoms with Gasteiger partial charge in [0.1, 0.15) is 5.76 Å². The number of hydrogen-bond donors (Lipinski definition) is 1. The average molecular weight is 393 g/mol. The van der Waals surface area contributed by atoms with E-state index < -0.39 is 0 Å². The van der Waals surface area contributed by atoms with Crippen molar-refractivity contribution in [1.29, 1.82) is 0 Å². The quantitative estimate of drug-likeness (QED) is 0.636. The van der Waals surface area contributed by atoms with E-state index in [1.54, 1.807) is 7.11 Å². The van der Waals surface area contributed by atoms with Gasteiger partial charge in [-0.2, -0.15) is 0 Å². The molecule has 0 bridgehead atoms. The number of aryl methyl sites for hydroxylation is 1. The number of furan rings is 1. The molecule has 108 valence electrons. The van der Waals surface area contributed by atoms with Crippen molar-refractivity contribution in [2.24, 2.45) is 0 Å². The summed E-state index contributed by atoms with van der Waals surface area (Å²) in [5, 5.41) is 4.45. The summed E-state index contributed by atoms with van der Waals surface area (Å²) in [6.45, 7) is 2.76. The molecule has 2 aromatic carbocycles. The maximum Gasteiger partial charge on any atom is 0.176 e. The summed E-state index contributed by atoms with van der Waals surface area (Å²) in [7, 11) is 1.66. The molecule has 0 saturated heterocycles. The SMILES string of the molecule is COc1cccc2cc(CNc3ccc(C)c(I)c3)oc12. The summed E-state index contributed by atoms with van der Waals surface area (Å²) in [5.41, 5.74) is 3.18. The minimum absolute atomic E-state index is 0.650. The van der Waals surface area contributed by atoms with Crippen molar-refractivity contribution in [2.45, 2.75) is 13.5 Å². The Morgan fingerprint density at radius 2 is 2.05 bits per heavy atom. The topological polar surface area (TPSA) is 34.4 Å². The van der Waals surface area contributed by atoms with Crippen LogP contribution in [0.25, 0.3) is 11.0 Å². The highest BCUT2D eigenvalue weighted by Crippen LogP contribution is 2.28. The van der Waals surface area contributed by atoms with Crippen molar-refractivity contribution >= 4 is 39.2 Å². The first-order valence-corrected chi connectivity index (χ1v) is 7.80. The van der Waals surface area contributed by atoms with Gasteiger partial charge in [-0.05, 0) is 59.3 Å². The molecule has 0 aliphatic rings. The van der Waals surface area contributed by atoms with Crippen molar-refractivity contribution in [1.82, 2.24) is 0 Å². The fraction of sp³-hybridized carbons (Fsp3) is 0.176. The Hall–Kier alpha value is -1.69. The van der Waals surface area contributed by atoms with Gasteiger partial charge in [0.05, 0.1) is 13.7 Å². The van der Waals surface area contributed by atoms with Crippen LogP contribution in [-0.4, -0.2) is 7.11 Å². The Morgan fingerprint density at radius 1 is 1.19 bits per heavy atom. The van der Waals surface area contributed by atoms with E-state index in [1.165, 1.54) is 9.13 Å². The van der Waals surface area contributed by atoms with Gasteiger partial charge in [-0.3, -0.25) is 0 Å². The van der Waals surface area contributed by atoms with Gasteiger partial charge in [0, 0.05) is 14.6 Å². The molecule has 3 aromatic rings. The van der Waals surface area contributed by atoms with Crippen LogP contribution in [0.2, 0.25) is 0 Å². The predicted octanol–water partition coefficient (Wildman–Crippen LogP) is 4.97. The Kier molecular flexibility index (Phi) is 4.05. The van der Waals surface area contributed by atoms with Gasteiger partial charge in [0.15, 0.2) is 11.3 Å². The minimum atomic E-state index is 0.650. The lowest BCUT2D eigenvalue weighted by Gasteiger charge is -2.06. The lowest BCUT2D eigenvalue weighted by atomic mass is 10.2. The van der Waals surface area contributed by atoms with Gasteiger partial charge in [-0.15, -0.1) is 0 Å². The molecule has 0 aliphatic carbocycles. The third-order valence-corrected chi connectivity index (χ3v) is 4.58. The second kappa shape index (κ2) is 5.97. The van der Waals surface area contributed by atoms with Gasteiger partial charge in [0.2, 0.25) is 0 Å². The van der Waals surface area contributed by atoms with E-state index >= 15 is 0 Å². The largest absolute Gasteiger partial charge is 0.493 e. The second-order valence-electron chi connectivity index (χ2n) is 4.91. The van der Waals surface area contributed by atoms with Crippen LogP contribution in [-0.2, 0) is 6.54 Å². The van der Waals surface area contributed by atoms with E-state index in [0.29, 0.717) is 6.54 Å². The van der Waals surface area contributed by atoms with E-state index in [1.807, 2.05) is 24.3 Å². The van der Waals surface area contributed by atoms with E-state index in [9.17, 15) is 0 Å². The standard InChI is InChI=1S/C17H16INO2/c1-11-6-7-13(9-15(11)18)19-10-14-8-12-4-3-5-16(20-2)17(12)21-14/h3-9,19H,10H2,1-2H3. The molecular weight excluding hydrogens is 377 g/mol. The third-order valence-electron chi connectivity index (χ3n) is 3.42. The first-order valence-electron chi connectivity index (χ1n) is 6.73. The van der Waals surface area contributed by atoms with Gasteiger partial charge < -0.3 is 14.5 Å². The normalized spacial score (nSPS) is 10.8. The first-order chi connectivity index (χ1) is 10.2. The van der Waals surface area contributed by atoms with Crippen molar-refractivity contribution in [3.8, 4) is 5.75 Å². The summed E-state index contributed by atoms with van der Waals surface area (Å²) in [6, 6.07) is 14.3. The van der Waals surface area contributed by atoms with E-state index in [2.05, 4.69) is 53.0 Å². The maximum atomic E-state index is 5.88. The molecule has 4 heteroatoms. The van der Waals surface area contributed by atoms with Crippen molar-refractivity contribution in [2.75, 3.05) is 12.4 Å². The molecule has 3 nitrogen and oxygen atoms in total. The molecule has 0 saturated carbocycles. The highest BCUT2D eigenvalue weighted by molar-refractivity contribution is 14.1. The van der Waals surface area contributed by atoms with Crippen LogP contribution in [0.4, 0.5) is 5.69 Å². The number of methoxy groups -OCH3 is 1. The summed E-state index contributed by atoms with van der Waals surface area (Å²) in [5.74, 6) is 1.66. The van der Waals surface area contributed by atoms with E-state index in [0.717, 1.165) is 28.2 Å². The number of ether oxygens (including phenoxy) is 1. The molecule has 1 N–H and O–H groups in total. The maximum absolute atomic E-state index is 5.88. The van der Waals surface area contributed by atoms with Crippen LogP contribution in [0.3, 0.4) is 0 Å². The number of rotatable bonds is 4. The summed E-state index contributed by atoms with van der Waals surface area (Å²) in [6.07, 6.45) is 0. The molecular formula is C17H16INO2. The predicted molar refractivity (Wildman–Crippen MR) is 94.0 cm³/mol. The summed E-state index contributed by atoms with van der Waals surface area (Å²) >= 11 is 2.35. The zero-order valence-electron chi connectivity index (χ0n) is 11.9. The summed E-state index contributed by atoms with van der Waals surface area (Å²) < 4.78 is 12.4. The fourth-order valence-corrected chi connectivity index (χ4v) is 2.74. The Bertz CT molecular complexity index is 780. The van der Waals surface area contributed by atoms with Crippen LogP contribution < -0.4 is 10.1 Å². The summed E-state index contributed by atoms with van der Waals surface area (Å²) in [4.78, 5) is 0. The molecule has 0 atom stereocenters. The zero-order valence-corrected chi connectivity index (χ0v) is 14.1. The molecule has 0 aliphatic heterocycles. The van der Waals surface area contributed by atoms with Crippen LogP contribution in [0.15, 0.2) is 46.9 Å². The molecule has 0 fully saturated rings.